The van der Waals surface area contributed by atoms with Crippen LogP contribution < -0.4 is 10.6 Å². The second kappa shape index (κ2) is 8.14. The van der Waals surface area contributed by atoms with Gasteiger partial charge < -0.3 is 15.4 Å². The second-order valence-corrected chi connectivity index (χ2v) is 7.47. The molecule has 1 heterocycles. The Bertz CT molecular complexity index is 882. The molecule has 0 unspecified atom stereocenters. The van der Waals surface area contributed by atoms with Crippen LogP contribution in [-0.2, 0) is 22.4 Å². The van der Waals surface area contributed by atoms with Gasteiger partial charge in [-0.15, -0.1) is 11.3 Å². The number of fused-ring (bicyclic) bond motifs is 1. The fourth-order valence-electron chi connectivity index (χ4n) is 3.19. The zero-order chi connectivity index (χ0) is 19.6. The zero-order valence-corrected chi connectivity index (χ0v) is 15.8. The van der Waals surface area contributed by atoms with Crippen LogP contribution in [0.3, 0.4) is 0 Å². The van der Waals surface area contributed by atoms with Gasteiger partial charge in [0.05, 0.1) is 19.2 Å². The Morgan fingerprint density at radius 1 is 1.30 bits per heavy atom. The third kappa shape index (κ3) is 4.17. The largest absolute Gasteiger partial charge is 0.465 e. The van der Waals surface area contributed by atoms with E-state index in [0.29, 0.717) is 10.6 Å². The molecule has 0 radical (unpaired) electrons. The predicted molar refractivity (Wildman–Crippen MR) is 99.1 cm³/mol. The summed E-state index contributed by atoms with van der Waals surface area (Å²) in [5.41, 5.74) is 1.66. The van der Waals surface area contributed by atoms with Gasteiger partial charge in [-0.3, -0.25) is 4.79 Å². The van der Waals surface area contributed by atoms with Crippen molar-refractivity contribution in [2.75, 3.05) is 19.0 Å². The molecule has 2 N–H and O–H groups in total. The van der Waals surface area contributed by atoms with Crippen LogP contribution in [0.2, 0.25) is 0 Å². The van der Waals surface area contributed by atoms with Crippen LogP contribution in [0.15, 0.2) is 18.2 Å². The monoisotopic (exact) mass is 394 g/mol. The van der Waals surface area contributed by atoms with Gasteiger partial charge in [-0.25, -0.2) is 13.6 Å². The van der Waals surface area contributed by atoms with Crippen molar-refractivity contribution in [1.82, 2.24) is 5.32 Å². The molecule has 27 heavy (non-hydrogen) atoms. The van der Waals surface area contributed by atoms with Gasteiger partial charge in [-0.2, -0.15) is 0 Å². The minimum absolute atomic E-state index is 0.0822. The fraction of sp³-hybridized carbons (Fsp3) is 0.368. The van der Waals surface area contributed by atoms with Gasteiger partial charge in [0.1, 0.15) is 16.6 Å². The highest BCUT2D eigenvalue weighted by atomic mass is 32.1. The number of ether oxygens (including phenoxy) is 1. The standard InChI is InChI=1S/C19H20F2N2O3S/c1-10(12-7-6-11(20)8-14(12)21)22-9-16(24)23-18-17(19(25)26-2)13-4-3-5-15(13)27-18/h6-8,10,22H,3-5,9H2,1-2H3,(H,23,24)/t10-/m1/s1. The van der Waals surface area contributed by atoms with Crippen molar-refractivity contribution >= 4 is 28.2 Å². The summed E-state index contributed by atoms with van der Waals surface area (Å²) < 4.78 is 31.7. The Morgan fingerprint density at radius 2 is 2.07 bits per heavy atom. The lowest BCUT2D eigenvalue weighted by Crippen LogP contribution is -2.30. The highest BCUT2D eigenvalue weighted by Crippen LogP contribution is 2.39. The van der Waals surface area contributed by atoms with E-state index in [1.807, 2.05) is 0 Å². The molecular formula is C19H20F2N2O3S. The van der Waals surface area contributed by atoms with Crippen molar-refractivity contribution in [1.29, 1.82) is 0 Å². The number of methoxy groups -OCH3 is 1. The number of esters is 1. The molecule has 0 spiro atoms. The average molecular weight is 394 g/mol. The van der Waals surface area contributed by atoms with Crippen LogP contribution in [-0.4, -0.2) is 25.5 Å². The van der Waals surface area contributed by atoms with E-state index in [9.17, 15) is 18.4 Å². The van der Waals surface area contributed by atoms with Gasteiger partial charge in [-0.05, 0) is 37.8 Å². The van der Waals surface area contributed by atoms with E-state index < -0.39 is 23.6 Å². The first-order valence-electron chi connectivity index (χ1n) is 8.61. The van der Waals surface area contributed by atoms with E-state index in [4.69, 9.17) is 4.74 Å². The topological polar surface area (TPSA) is 67.4 Å². The number of halogens is 2. The van der Waals surface area contributed by atoms with E-state index >= 15 is 0 Å². The summed E-state index contributed by atoms with van der Waals surface area (Å²) in [6, 6.07) is 2.85. The maximum absolute atomic E-state index is 13.8. The minimum Gasteiger partial charge on any atom is -0.465 e. The molecule has 0 saturated carbocycles. The molecule has 1 aromatic heterocycles. The number of anilines is 1. The normalized spacial score (nSPS) is 13.9. The lowest BCUT2D eigenvalue weighted by Gasteiger charge is -2.15. The average Bonchev–Trinajstić information content (AvgIpc) is 3.19. The van der Waals surface area contributed by atoms with Crippen molar-refractivity contribution in [2.45, 2.75) is 32.2 Å². The Labute approximate surface area is 159 Å². The maximum atomic E-state index is 13.8. The van der Waals surface area contributed by atoms with Crippen LogP contribution in [0, 0.1) is 11.6 Å². The van der Waals surface area contributed by atoms with Crippen LogP contribution >= 0.6 is 11.3 Å². The molecule has 1 aliphatic carbocycles. The number of amides is 1. The quantitative estimate of drug-likeness (QED) is 0.735. The number of benzene rings is 1. The first-order valence-corrected chi connectivity index (χ1v) is 9.43. The molecule has 5 nitrogen and oxygen atoms in total. The zero-order valence-electron chi connectivity index (χ0n) is 15.0. The Kier molecular flexibility index (Phi) is 5.86. The summed E-state index contributed by atoms with van der Waals surface area (Å²) in [6.07, 6.45) is 2.67. The highest BCUT2D eigenvalue weighted by Gasteiger charge is 2.28. The van der Waals surface area contributed by atoms with Gasteiger partial charge in [0.25, 0.3) is 0 Å². The molecule has 3 rings (SSSR count). The first-order chi connectivity index (χ1) is 12.9. The minimum atomic E-state index is -0.668. The summed E-state index contributed by atoms with van der Waals surface area (Å²) in [5, 5.41) is 6.14. The summed E-state index contributed by atoms with van der Waals surface area (Å²) in [7, 11) is 1.31. The summed E-state index contributed by atoms with van der Waals surface area (Å²) >= 11 is 1.39. The lowest BCUT2D eigenvalue weighted by atomic mass is 10.1. The number of aryl methyl sites for hydroxylation is 1. The van der Waals surface area contributed by atoms with E-state index in [1.165, 1.54) is 30.6 Å². The number of hydrogen-bond acceptors (Lipinski definition) is 5. The number of carbonyl (C=O) groups is 2. The Balaban J connectivity index is 1.65. The van der Waals surface area contributed by atoms with Gasteiger partial charge in [0, 0.05) is 22.5 Å². The van der Waals surface area contributed by atoms with Crippen molar-refractivity contribution in [3.63, 3.8) is 0 Å². The van der Waals surface area contributed by atoms with Gasteiger partial charge >= 0.3 is 5.97 Å². The van der Waals surface area contributed by atoms with Crippen LogP contribution in [0.5, 0.6) is 0 Å². The molecule has 144 valence electrons. The van der Waals surface area contributed by atoms with Crippen molar-refractivity contribution < 1.29 is 23.1 Å². The Hall–Kier alpha value is -2.32. The van der Waals surface area contributed by atoms with Crippen LogP contribution in [0.1, 0.15) is 45.7 Å². The van der Waals surface area contributed by atoms with Crippen molar-refractivity contribution in [2.24, 2.45) is 0 Å². The molecule has 0 bridgehead atoms. The number of carbonyl (C=O) groups excluding carboxylic acids is 2. The third-order valence-electron chi connectivity index (χ3n) is 4.56. The first kappa shape index (κ1) is 19.4. The fourth-order valence-corrected chi connectivity index (χ4v) is 4.48. The second-order valence-electron chi connectivity index (χ2n) is 6.37. The number of rotatable bonds is 6. The number of hydrogen-bond donors (Lipinski definition) is 2. The van der Waals surface area contributed by atoms with Gasteiger partial charge in [0.15, 0.2) is 0 Å². The van der Waals surface area contributed by atoms with Crippen LogP contribution in [0.4, 0.5) is 13.8 Å². The number of thiophene rings is 1. The third-order valence-corrected chi connectivity index (χ3v) is 5.77. The molecule has 0 fully saturated rings. The smallest absolute Gasteiger partial charge is 0.341 e. The van der Waals surface area contributed by atoms with E-state index in [1.54, 1.807) is 6.92 Å². The molecule has 2 aromatic rings. The molecule has 1 aromatic carbocycles. The van der Waals surface area contributed by atoms with Gasteiger partial charge in [-0.1, -0.05) is 6.07 Å². The molecule has 0 aliphatic heterocycles. The molecule has 8 heteroatoms. The molecule has 1 amide bonds. The van der Waals surface area contributed by atoms with Crippen LogP contribution in [0.25, 0.3) is 0 Å². The highest BCUT2D eigenvalue weighted by molar-refractivity contribution is 7.17. The summed E-state index contributed by atoms with van der Waals surface area (Å²) in [5.74, 6) is -2.13. The summed E-state index contributed by atoms with van der Waals surface area (Å²) in [4.78, 5) is 25.5. The maximum Gasteiger partial charge on any atom is 0.341 e. The van der Waals surface area contributed by atoms with Crippen molar-refractivity contribution in [3.8, 4) is 0 Å². The molecule has 0 saturated heterocycles. The van der Waals surface area contributed by atoms with E-state index in [2.05, 4.69) is 10.6 Å². The predicted octanol–water partition coefficient (Wildman–Crippen LogP) is 3.59. The SMILES string of the molecule is COC(=O)c1c(NC(=O)CN[C@H](C)c2ccc(F)cc2F)sc2c1CCC2. The van der Waals surface area contributed by atoms with Crippen molar-refractivity contribution in [3.05, 3.63) is 51.4 Å². The number of nitrogens with one attached hydrogen (secondary N) is 2. The van der Waals surface area contributed by atoms with E-state index in [0.717, 1.165) is 35.8 Å². The molecule has 1 atom stereocenters. The molecular weight excluding hydrogens is 374 g/mol. The lowest BCUT2D eigenvalue weighted by molar-refractivity contribution is -0.115. The molecule has 1 aliphatic rings. The Morgan fingerprint density at radius 3 is 2.78 bits per heavy atom. The van der Waals surface area contributed by atoms with E-state index in [-0.39, 0.29) is 18.0 Å². The van der Waals surface area contributed by atoms with Gasteiger partial charge in [0.2, 0.25) is 5.91 Å². The summed E-state index contributed by atoms with van der Waals surface area (Å²) in [6.45, 7) is 1.60.